The molecule has 1 aromatic heterocycles. The van der Waals surface area contributed by atoms with E-state index < -0.39 is 36.2 Å². The van der Waals surface area contributed by atoms with E-state index in [0.717, 1.165) is 24.3 Å². The number of pyridine rings is 1. The van der Waals surface area contributed by atoms with Crippen LogP contribution in [0.2, 0.25) is 0 Å². The van der Waals surface area contributed by atoms with Gasteiger partial charge in [0.25, 0.3) is 11.5 Å². The molecule has 0 fully saturated rings. The predicted octanol–water partition coefficient (Wildman–Crippen LogP) is 2.84. The van der Waals surface area contributed by atoms with Gasteiger partial charge >= 0.3 is 13.2 Å². The van der Waals surface area contributed by atoms with Gasteiger partial charge in [0.05, 0.1) is 5.69 Å². The first-order chi connectivity index (χ1) is 11.8. The van der Waals surface area contributed by atoms with Gasteiger partial charge in [-0.3, -0.25) is 9.59 Å². The summed E-state index contributed by atoms with van der Waals surface area (Å²) in [6, 6.07) is 5.30. The number of nitrogens with zero attached hydrogens (tertiary/aromatic N) is 1. The van der Waals surface area contributed by atoms with E-state index in [1.807, 2.05) is 0 Å². The third-order valence-electron chi connectivity index (χ3n) is 3.01. The van der Waals surface area contributed by atoms with Crippen molar-refractivity contribution in [2.45, 2.75) is 13.2 Å². The monoisotopic (exact) mass is 360 g/mol. The predicted molar refractivity (Wildman–Crippen MR) is 79.3 cm³/mol. The van der Waals surface area contributed by atoms with E-state index in [1.165, 1.54) is 23.9 Å². The second-order valence-electron chi connectivity index (χ2n) is 4.73. The number of aromatic nitrogens is 1. The molecule has 1 heterocycles. The molecular formula is C15H12F4N2O4. The molecule has 0 radical (unpaired) electrons. The Morgan fingerprint density at radius 3 is 2.36 bits per heavy atom. The summed E-state index contributed by atoms with van der Waals surface area (Å²) in [5.41, 5.74) is -0.663. The Kier molecular flexibility index (Phi) is 5.63. The van der Waals surface area contributed by atoms with Gasteiger partial charge < -0.3 is 19.4 Å². The number of carbonyl (C=O) groups excluding carboxylic acids is 1. The standard InChI is InChI=1S/C15H12F4N2O4/c1-21-5-4-8(6-12(21)22)13(23)20-10-3-2-9(24-14(16)17)7-11(10)25-15(18)19/h2-7,14-15H,1H3,(H,20,23). The van der Waals surface area contributed by atoms with Gasteiger partial charge in [0, 0.05) is 30.9 Å². The molecule has 0 aliphatic carbocycles. The van der Waals surface area contributed by atoms with E-state index in [1.54, 1.807) is 0 Å². The molecule has 1 amide bonds. The van der Waals surface area contributed by atoms with Crippen LogP contribution in [0.3, 0.4) is 0 Å². The molecule has 25 heavy (non-hydrogen) atoms. The first kappa shape index (κ1) is 18.3. The average molecular weight is 360 g/mol. The maximum Gasteiger partial charge on any atom is 0.387 e. The Morgan fingerprint density at radius 1 is 1.08 bits per heavy atom. The fourth-order valence-corrected chi connectivity index (χ4v) is 1.86. The molecule has 6 nitrogen and oxygen atoms in total. The topological polar surface area (TPSA) is 69.6 Å². The molecule has 0 spiro atoms. The van der Waals surface area contributed by atoms with Gasteiger partial charge in [0.15, 0.2) is 5.75 Å². The second-order valence-corrected chi connectivity index (χ2v) is 4.73. The molecule has 0 unspecified atom stereocenters. The van der Waals surface area contributed by atoms with Crippen LogP contribution < -0.4 is 20.3 Å². The number of benzene rings is 1. The van der Waals surface area contributed by atoms with Gasteiger partial charge in [-0.15, -0.1) is 0 Å². The number of hydrogen-bond acceptors (Lipinski definition) is 4. The summed E-state index contributed by atoms with van der Waals surface area (Å²) < 4.78 is 58.9. The van der Waals surface area contributed by atoms with Gasteiger partial charge in [0.1, 0.15) is 5.75 Å². The molecule has 0 saturated heterocycles. The van der Waals surface area contributed by atoms with Gasteiger partial charge in [-0.25, -0.2) is 0 Å². The number of halogens is 4. The number of ether oxygens (including phenoxy) is 2. The lowest BCUT2D eigenvalue weighted by Crippen LogP contribution is -2.20. The van der Waals surface area contributed by atoms with Gasteiger partial charge in [-0.05, 0) is 18.2 Å². The van der Waals surface area contributed by atoms with Crippen LogP contribution in [0.1, 0.15) is 10.4 Å². The minimum Gasteiger partial charge on any atom is -0.435 e. The Morgan fingerprint density at radius 2 is 1.76 bits per heavy atom. The van der Waals surface area contributed by atoms with Crippen LogP contribution in [0.25, 0.3) is 0 Å². The normalized spacial score (nSPS) is 10.8. The molecule has 0 aliphatic rings. The number of aryl methyl sites for hydroxylation is 1. The van der Waals surface area contributed by atoms with E-state index in [9.17, 15) is 27.2 Å². The Balaban J connectivity index is 2.28. The first-order valence-electron chi connectivity index (χ1n) is 6.78. The second kappa shape index (κ2) is 7.69. The number of rotatable bonds is 6. The van der Waals surface area contributed by atoms with Crippen LogP contribution in [-0.4, -0.2) is 23.7 Å². The molecule has 2 aromatic rings. The van der Waals surface area contributed by atoms with Crippen LogP contribution in [0.15, 0.2) is 41.3 Å². The molecule has 0 bridgehead atoms. The van der Waals surface area contributed by atoms with Gasteiger partial charge in [-0.1, -0.05) is 0 Å². The van der Waals surface area contributed by atoms with Crippen molar-refractivity contribution in [3.05, 3.63) is 52.4 Å². The number of hydrogen-bond donors (Lipinski definition) is 1. The van der Waals surface area contributed by atoms with E-state index in [4.69, 9.17) is 0 Å². The van der Waals surface area contributed by atoms with E-state index >= 15 is 0 Å². The fraction of sp³-hybridized carbons (Fsp3) is 0.200. The summed E-state index contributed by atoms with van der Waals surface area (Å²) in [4.78, 5) is 23.7. The highest BCUT2D eigenvalue weighted by atomic mass is 19.3. The van der Waals surface area contributed by atoms with E-state index in [2.05, 4.69) is 14.8 Å². The number of carbonyl (C=O) groups is 1. The van der Waals surface area contributed by atoms with Crippen LogP contribution >= 0.6 is 0 Å². The lowest BCUT2D eigenvalue weighted by molar-refractivity contribution is -0.0539. The smallest absolute Gasteiger partial charge is 0.387 e. The number of nitrogens with one attached hydrogen (secondary N) is 1. The van der Waals surface area contributed by atoms with Gasteiger partial charge in [0.2, 0.25) is 0 Å². The Labute approximate surface area is 138 Å². The maximum absolute atomic E-state index is 12.5. The third kappa shape index (κ3) is 4.96. The lowest BCUT2D eigenvalue weighted by Gasteiger charge is -2.14. The third-order valence-corrected chi connectivity index (χ3v) is 3.01. The van der Waals surface area contributed by atoms with Crippen molar-refractivity contribution in [1.29, 1.82) is 0 Å². The van der Waals surface area contributed by atoms with Crippen molar-refractivity contribution >= 4 is 11.6 Å². The summed E-state index contributed by atoms with van der Waals surface area (Å²) in [6.45, 7) is -6.40. The lowest BCUT2D eigenvalue weighted by atomic mass is 10.2. The van der Waals surface area contributed by atoms with Gasteiger partial charge in [-0.2, -0.15) is 17.6 Å². The highest BCUT2D eigenvalue weighted by Gasteiger charge is 2.16. The largest absolute Gasteiger partial charge is 0.435 e. The quantitative estimate of drug-likeness (QED) is 0.805. The summed E-state index contributed by atoms with van der Waals surface area (Å²) in [5.74, 6) is -1.75. The molecule has 0 aliphatic heterocycles. The maximum atomic E-state index is 12.5. The number of amides is 1. The summed E-state index contributed by atoms with van der Waals surface area (Å²) in [6.07, 6.45) is 1.35. The highest BCUT2D eigenvalue weighted by molar-refractivity contribution is 6.04. The first-order valence-corrected chi connectivity index (χ1v) is 6.78. The molecule has 10 heteroatoms. The van der Waals surface area contributed by atoms with Crippen LogP contribution in [-0.2, 0) is 7.05 Å². The Hall–Kier alpha value is -3.04. The molecule has 0 atom stereocenters. The van der Waals surface area contributed by atoms with Crippen molar-refractivity contribution in [1.82, 2.24) is 4.57 Å². The van der Waals surface area contributed by atoms with Crippen LogP contribution in [0, 0.1) is 0 Å². The van der Waals surface area contributed by atoms with E-state index in [-0.39, 0.29) is 11.3 Å². The average Bonchev–Trinajstić information content (AvgIpc) is 2.51. The number of alkyl halides is 4. The Bertz CT molecular complexity index is 823. The molecular weight excluding hydrogens is 348 g/mol. The van der Waals surface area contributed by atoms with Crippen molar-refractivity contribution in [2.75, 3.05) is 5.32 Å². The molecule has 1 aromatic carbocycles. The summed E-state index contributed by atoms with van der Waals surface area (Å²) in [7, 11) is 1.49. The van der Waals surface area contributed by atoms with Crippen LogP contribution in [0.4, 0.5) is 23.2 Å². The molecule has 0 saturated carbocycles. The number of anilines is 1. The van der Waals surface area contributed by atoms with Crippen LogP contribution in [0.5, 0.6) is 11.5 Å². The molecule has 2 rings (SSSR count). The van der Waals surface area contributed by atoms with Crippen molar-refractivity contribution in [3.8, 4) is 11.5 Å². The minimum atomic E-state index is -3.25. The van der Waals surface area contributed by atoms with Crippen molar-refractivity contribution in [2.24, 2.45) is 7.05 Å². The SMILES string of the molecule is Cn1ccc(C(=O)Nc2ccc(OC(F)F)cc2OC(F)F)cc1=O. The van der Waals surface area contributed by atoms with Crippen molar-refractivity contribution < 1.29 is 31.8 Å². The zero-order valence-corrected chi connectivity index (χ0v) is 12.7. The highest BCUT2D eigenvalue weighted by Crippen LogP contribution is 2.31. The minimum absolute atomic E-state index is 0.0148. The van der Waals surface area contributed by atoms with Crippen molar-refractivity contribution in [3.63, 3.8) is 0 Å². The molecule has 134 valence electrons. The zero-order valence-electron chi connectivity index (χ0n) is 12.7. The summed E-state index contributed by atoms with van der Waals surface area (Å²) in [5, 5.41) is 2.27. The zero-order chi connectivity index (χ0) is 18.6. The summed E-state index contributed by atoms with van der Waals surface area (Å²) >= 11 is 0. The fourth-order valence-electron chi connectivity index (χ4n) is 1.86. The molecule has 1 N–H and O–H groups in total. The van der Waals surface area contributed by atoms with E-state index in [0.29, 0.717) is 0 Å².